The summed E-state index contributed by atoms with van der Waals surface area (Å²) in [5.41, 5.74) is 4.82. The van der Waals surface area contributed by atoms with E-state index in [0.717, 1.165) is 48.7 Å². The van der Waals surface area contributed by atoms with E-state index in [-0.39, 0.29) is 5.97 Å². The minimum Gasteiger partial charge on any atom is -0.465 e. The smallest absolute Gasteiger partial charge is 0.338 e. The van der Waals surface area contributed by atoms with Crippen LogP contribution >= 0.6 is 0 Å². The first-order valence-corrected chi connectivity index (χ1v) is 7.82. The highest BCUT2D eigenvalue weighted by Crippen LogP contribution is 2.31. The zero-order valence-electron chi connectivity index (χ0n) is 13.5. The lowest BCUT2D eigenvalue weighted by atomic mass is 9.95. The zero-order chi connectivity index (χ0) is 16.2. The number of nitrogens with zero attached hydrogens (tertiary/aromatic N) is 1. The molecule has 0 aliphatic carbocycles. The van der Waals surface area contributed by atoms with Crippen molar-refractivity contribution in [1.29, 1.82) is 0 Å². The highest BCUT2D eigenvalue weighted by atomic mass is 16.5. The molecule has 4 nitrogen and oxygen atoms in total. The molecular formula is C19H21NO3. The maximum Gasteiger partial charge on any atom is 0.338 e. The van der Waals surface area contributed by atoms with Crippen LogP contribution in [0.25, 0.3) is 11.1 Å². The molecular weight excluding hydrogens is 290 g/mol. The normalized spacial score (nSPS) is 14.6. The summed E-state index contributed by atoms with van der Waals surface area (Å²) in [7, 11) is 1.42. The van der Waals surface area contributed by atoms with Crippen molar-refractivity contribution >= 4 is 11.7 Å². The molecule has 0 aromatic heterocycles. The van der Waals surface area contributed by atoms with Gasteiger partial charge < -0.3 is 14.4 Å². The SMILES string of the molecule is COC(=O)c1ccc(N2CCOCC2)cc1-c1ccccc1C. The van der Waals surface area contributed by atoms with Gasteiger partial charge >= 0.3 is 5.97 Å². The van der Waals surface area contributed by atoms with Crippen LogP contribution in [0.4, 0.5) is 5.69 Å². The number of hydrogen-bond acceptors (Lipinski definition) is 4. The van der Waals surface area contributed by atoms with E-state index in [1.165, 1.54) is 7.11 Å². The van der Waals surface area contributed by atoms with Gasteiger partial charge in [-0.2, -0.15) is 0 Å². The molecule has 0 spiro atoms. The lowest BCUT2D eigenvalue weighted by Crippen LogP contribution is -2.36. The predicted octanol–water partition coefficient (Wildman–Crippen LogP) is 3.29. The minimum absolute atomic E-state index is 0.309. The molecule has 2 aromatic rings. The molecule has 0 atom stereocenters. The number of benzene rings is 2. The van der Waals surface area contributed by atoms with E-state index in [0.29, 0.717) is 5.56 Å². The van der Waals surface area contributed by atoms with Gasteiger partial charge in [-0.15, -0.1) is 0 Å². The van der Waals surface area contributed by atoms with Gasteiger partial charge in [-0.1, -0.05) is 24.3 Å². The third-order valence-corrected chi connectivity index (χ3v) is 4.22. The Bertz CT molecular complexity index is 706. The van der Waals surface area contributed by atoms with Gasteiger partial charge in [-0.3, -0.25) is 0 Å². The van der Waals surface area contributed by atoms with Crippen LogP contribution in [0.15, 0.2) is 42.5 Å². The van der Waals surface area contributed by atoms with E-state index in [1.54, 1.807) is 0 Å². The Balaban J connectivity index is 2.09. The van der Waals surface area contributed by atoms with E-state index in [4.69, 9.17) is 9.47 Å². The number of carbonyl (C=O) groups is 1. The Kier molecular flexibility index (Phi) is 4.63. The number of ether oxygens (including phenoxy) is 2. The summed E-state index contributed by atoms with van der Waals surface area (Å²) >= 11 is 0. The fraction of sp³-hybridized carbons (Fsp3) is 0.316. The molecule has 1 fully saturated rings. The molecule has 1 aliphatic rings. The van der Waals surface area contributed by atoms with Crippen molar-refractivity contribution in [2.75, 3.05) is 38.3 Å². The maximum absolute atomic E-state index is 12.2. The van der Waals surface area contributed by atoms with Crippen molar-refractivity contribution < 1.29 is 14.3 Å². The van der Waals surface area contributed by atoms with E-state index in [1.807, 2.05) is 30.3 Å². The molecule has 0 unspecified atom stereocenters. The second kappa shape index (κ2) is 6.84. The molecule has 1 heterocycles. The molecule has 4 heteroatoms. The summed E-state index contributed by atoms with van der Waals surface area (Å²) in [6.45, 7) is 5.25. The standard InChI is InChI=1S/C19H21NO3/c1-14-5-3-4-6-16(14)18-13-15(20-9-11-23-12-10-20)7-8-17(18)19(21)22-2/h3-8,13H,9-12H2,1-2H3. The Morgan fingerprint density at radius 2 is 1.83 bits per heavy atom. The van der Waals surface area contributed by atoms with Gasteiger partial charge in [0.2, 0.25) is 0 Å². The fourth-order valence-electron chi connectivity index (χ4n) is 2.94. The molecule has 2 aromatic carbocycles. The average molecular weight is 311 g/mol. The molecule has 1 aliphatic heterocycles. The number of carbonyl (C=O) groups excluding carboxylic acids is 1. The molecule has 23 heavy (non-hydrogen) atoms. The van der Waals surface area contributed by atoms with Crippen LogP contribution in [0, 0.1) is 6.92 Å². The van der Waals surface area contributed by atoms with E-state index in [2.05, 4.69) is 24.0 Å². The van der Waals surface area contributed by atoms with Crippen molar-refractivity contribution in [2.24, 2.45) is 0 Å². The molecule has 0 N–H and O–H groups in total. The summed E-state index contributed by atoms with van der Waals surface area (Å²) in [6, 6.07) is 14.0. The van der Waals surface area contributed by atoms with Crippen molar-refractivity contribution in [2.45, 2.75) is 6.92 Å². The quantitative estimate of drug-likeness (QED) is 0.815. The van der Waals surface area contributed by atoms with Crippen molar-refractivity contribution in [3.8, 4) is 11.1 Å². The first-order chi connectivity index (χ1) is 11.2. The third kappa shape index (κ3) is 3.22. The molecule has 0 radical (unpaired) electrons. The Labute approximate surface area is 136 Å². The lowest BCUT2D eigenvalue weighted by molar-refractivity contribution is 0.0601. The molecule has 0 bridgehead atoms. The van der Waals surface area contributed by atoms with Gasteiger partial charge in [0.15, 0.2) is 0 Å². The van der Waals surface area contributed by atoms with Crippen LogP contribution in [-0.4, -0.2) is 39.4 Å². The van der Waals surface area contributed by atoms with Gasteiger partial charge in [0.05, 0.1) is 25.9 Å². The second-order valence-corrected chi connectivity index (χ2v) is 5.64. The molecule has 0 saturated carbocycles. The minimum atomic E-state index is -0.309. The summed E-state index contributed by atoms with van der Waals surface area (Å²) in [6.07, 6.45) is 0. The predicted molar refractivity (Wildman–Crippen MR) is 91.0 cm³/mol. The number of aryl methyl sites for hydroxylation is 1. The largest absolute Gasteiger partial charge is 0.465 e. The van der Waals surface area contributed by atoms with E-state index < -0.39 is 0 Å². The maximum atomic E-state index is 12.2. The summed E-state index contributed by atoms with van der Waals surface area (Å²) in [5, 5.41) is 0. The monoisotopic (exact) mass is 311 g/mol. The fourth-order valence-corrected chi connectivity index (χ4v) is 2.94. The summed E-state index contributed by atoms with van der Waals surface area (Å²) in [5.74, 6) is -0.309. The van der Waals surface area contributed by atoms with Gasteiger partial charge in [0.1, 0.15) is 0 Å². The van der Waals surface area contributed by atoms with Gasteiger partial charge in [0, 0.05) is 18.8 Å². The van der Waals surface area contributed by atoms with E-state index >= 15 is 0 Å². The van der Waals surface area contributed by atoms with Crippen molar-refractivity contribution in [1.82, 2.24) is 0 Å². The topological polar surface area (TPSA) is 38.8 Å². The first kappa shape index (κ1) is 15.6. The highest BCUT2D eigenvalue weighted by molar-refractivity contribution is 5.98. The van der Waals surface area contributed by atoms with Gasteiger partial charge in [-0.05, 0) is 41.8 Å². The van der Waals surface area contributed by atoms with Crippen LogP contribution in [-0.2, 0) is 9.47 Å². The Hall–Kier alpha value is -2.33. The van der Waals surface area contributed by atoms with Crippen LogP contribution in [0.2, 0.25) is 0 Å². The number of morpholine rings is 1. The van der Waals surface area contributed by atoms with Gasteiger partial charge in [-0.25, -0.2) is 4.79 Å². The van der Waals surface area contributed by atoms with Crippen LogP contribution in [0.3, 0.4) is 0 Å². The number of methoxy groups -OCH3 is 1. The molecule has 120 valence electrons. The first-order valence-electron chi connectivity index (χ1n) is 7.82. The second-order valence-electron chi connectivity index (χ2n) is 5.64. The highest BCUT2D eigenvalue weighted by Gasteiger charge is 2.18. The number of anilines is 1. The van der Waals surface area contributed by atoms with Crippen LogP contribution in [0.5, 0.6) is 0 Å². The molecule has 3 rings (SSSR count). The Morgan fingerprint density at radius 3 is 2.52 bits per heavy atom. The average Bonchev–Trinajstić information content (AvgIpc) is 2.62. The Morgan fingerprint density at radius 1 is 1.09 bits per heavy atom. The summed E-state index contributed by atoms with van der Waals surface area (Å²) in [4.78, 5) is 14.4. The van der Waals surface area contributed by atoms with Crippen LogP contribution in [0.1, 0.15) is 15.9 Å². The number of esters is 1. The molecule has 0 amide bonds. The zero-order valence-corrected chi connectivity index (χ0v) is 13.5. The number of hydrogen-bond donors (Lipinski definition) is 0. The van der Waals surface area contributed by atoms with E-state index in [9.17, 15) is 4.79 Å². The van der Waals surface area contributed by atoms with Crippen molar-refractivity contribution in [3.05, 3.63) is 53.6 Å². The van der Waals surface area contributed by atoms with Crippen molar-refractivity contribution in [3.63, 3.8) is 0 Å². The molecule has 1 saturated heterocycles. The lowest BCUT2D eigenvalue weighted by Gasteiger charge is -2.29. The number of rotatable bonds is 3. The summed E-state index contributed by atoms with van der Waals surface area (Å²) < 4.78 is 10.4. The third-order valence-electron chi connectivity index (χ3n) is 4.22. The van der Waals surface area contributed by atoms with Crippen LogP contribution < -0.4 is 4.90 Å². The van der Waals surface area contributed by atoms with Gasteiger partial charge in [0.25, 0.3) is 0 Å².